The fourth-order valence-corrected chi connectivity index (χ4v) is 2.22. The van der Waals surface area contributed by atoms with Crippen LogP contribution in [0.5, 0.6) is 0 Å². The Morgan fingerprint density at radius 2 is 2.19 bits per heavy atom. The predicted molar refractivity (Wildman–Crippen MR) is 72.1 cm³/mol. The molecule has 1 aromatic rings. The van der Waals surface area contributed by atoms with Gasteiger partial charge < -0.3 is 20.1 Å². The Labute approximate surface area is 121 Å². The highest BCUT2D eigenvalue weighted by molar-refractivity contribution is 5.87. The van der Waals surface area contributed by atoms with E-state index < -0.39 is 12.0 Å². The molecule has 1 saturated carbocycles. The van der Waals surface area contributed by atoms with Crippen LogP contribution in [0, 0.1) is 0 Å². The number of carboxylic acid groups (broad SMARTS) is 1. The zero-order valence-corrected chi connectivity index (χ0v) is 11.4. The largest absolute Gasteiger partial charge is 0.476 e. The number of aromatic nitrogens is 2. The summed E-state index contributed by atoms with van der Waals surface area (Å²) in [4.78, 5) is 32.9. The fraction of sp³-hybridized carbons (Fsp3) is 0.538. The minimum atomic E-state index is -1.14. The van der Waals surface area contributed by atoms with Gasteiger partial charge in [0.15, 0.2) is 5.69 Å². The van der Waals surface area contributed by atoms with Crippen molar-refractivity contribution in [2.75, 3.05) is 24.7 Å². The second kappa shape index (κ2) is 5.65. The van der Waals surface area contributed by atoms with Crippen LogP contribution in [0.1, 0.15) is 23.3 Å². The Kier molecular flexibility index (Phi) is 3.70. The molecule has 3 rings (SSSR count). The van der Waals surface area contributed by atoms with Gasteiger partial charge in [-0.3, -0.25) is 9.78 Å². The number of ether oxygens (including phenoxy) is 1. The average Bonchev–Trinajstić information content (AvgIpc) is 3.31. The van der Waals surface area contributed by atoms with Gasteiger partial charge in [0.05, 0.1) is 25.6 Å². The van der Waals surface area contributed by atoms with Crippen LogP contribution in [0.2, 0.25) is 0 Å². The number of rotatable bonds is 4. The van der Waals surface area contributed by atoms with E-state index in [-0.39, 0.29) is 24.2 Å². The van der Waals surface area contributed by atoms with Crippen molar-refractivity contribution in [3.63, 3.8) is 0 Å². The van der Waals surface area contributed by atoms with Crippen LogP contribution < -0.4 is 10.2 Å². The number of hydrogen-bond donors (Lipinski definition) is 2. The number of aromatic carboxylic acids is 1. The van der Waals surface area contributed by atoms with Crippen LogP contribution in [0.25, 0.3) is 0 Å². The van der Waals surface area contributed by atoms with Crippen LogP contribution in [-0.4, -0.2) is 58.8 Å². The maximum absolute atomic E-state index is 12.3. The smallest absolute Gasteiger partial charge is 0.356 e. The molecule has 0 aromatic carbocycles. The normalized spacial score (nSPS) is 21.9. The van der Waals surface area contributed by atoms with E-state index >= 15 is 0 Å². The van der Waals surface area contributed by atoms with Gasteiger partial charge in [-0.25, -0.2) is 9.78 Å². The molecule has 2 N–H and O–H groups in total. The molecule has 1 aliphatic carbocycles. The molecule has 8 heteroatoms. The third-order valence-corrected chi connectivity index (χ3v) is 3.49. The molecule has 1 atom stereocenters. The molecule has 1 amide bonds. The fourth-order valence-electron chi connectivity index (χ4n) is 2.22. The molecule has 112 valence electrons. The summed E-state index contributed by atoms with van der Waals surface area (Å²) < 4.78 is 5.37. The second-order valence-electron chi connectivity index (χ2n) is 5.13. The van der Waals surface area contributed by atoms with E-state index in [2.05, 4.69) is 15.3 Å². The number of anilines is 1. The molecule has 2 fully saturated rings. The van der Waals surface area contributed by atoms with Crippen molar-refractivity contribution < 1.29 is 19.4 Å². The van der Waals surface area contributed by atoms with Crippen molar-refractivity contribution in [2.45, 2.75) is 24.9 Å². The summed E-state index contributed by atoms with van der Waals surface area (Å²) in [5.74, 6) is -0.870. The minimum absolute atomic E-state index is 0.111. The van der Waals surface area contributed by atoms with Gasteiger partial charge in [0, 0.05) is 12.6 Å². The predicted octanol–water partition coefficient (Wildman–Crippen LogP) is -0.341. The number of nitrogens with zero attached hydrogens (tertiary/aromatic N) is 3. The molecule has 1 aromatic heterocycles. The van der Waals surface area contributed by atoms with Crippen LogP contribution in [-0.2, 0) is 9.53 Å². The van der Waals surface area contributed by atoms with Crippen molar-refractivity contribution in [1.82, 2.24) is 15.3 Å². The zero-order chi connectivity index (χ0) is 14.8. The van der Waals surface area contributed by atoms with Gasteiger partial charge in [0.1, 0.15) is 11.9 Å². The third-order valence-electron chi connectivity index (χ3n) is 3.49. The number of carboxylic acids is 1. The van der Waals surface area contributed by atoms with Gasteiger partial charge in [-0.05, 0) is 12.8 Å². The molecule has 0 bridgehead atoms. The summed E-state index contributed by atoms with van der Waals surface area (Å²) in [5.41, 5.74) is -0.139. The van der Waals surface area contributed by atoms with Crippen molar-refractivity contribution >= 4 is 17.7 Å². The van der Waals surface area contributed by atoms with E-state index in [0.29, 0.717) is 19.0 Å². The summed E-state index contributed by atoms with van der Waals surface area (Å²) >= 11 is 0. The van der Waals surface area contributed by atoms with Crippen LogP contribution >= 0.6 is 0 Å². The lowest BCUT2D eigenvalue weighted by molar-refractivity contribution is -0.124. The van der Waals surface area contributed by atoms with E-state index in [4.69, 9.17) is 9.84 Å². The molecule has 2 heterocycles. The Bertz CT molecular complexity index is 561. The molecule has 2 aliphatic rings. The van der Waals surface area contributed by atoms with Crippen molar-refractivity contribution in [2.24, 2.45) is 0 Å². The van der Waals surface area contributed by atoms with E-state index in [9.17, 15) is 9.59 Å². The lowest BCUT2D eigenvalue weighted by atomic mass is 10.2. The minimum Gasteiger partial charge on any atom is -0.476 e. The van der Waals surface area contributed by atoms with Gasteiger partial charge in [-0.1, -0.05) is 0 Å². The standard InChI is InChI=1S/C13H16N4O4/c18-12(15-8-1-2-8)10-7-21-4-3-17(10)11-6-14-5-9(16-11)13(19)20/h5-6,8,10H,1-4,7H2,(H,15,18)(H,19,20). The first-order valence-corrected chi connectivity index (χ1v) is 6.85. The number of morpholine rings is 1. The highest BCUT2D eigenvalue weighted by Gasteiger charge is 2.34. The van der Waals surface area contributed by atoms with Gasteiger partial charge >= 0.3 is 5.97 Å². The summed E-state index contributed by atoms with van der Waals surface area (Å²) in [5, 5.41) is 11.9. The monoisotopic (exact) mass is 292 g/mol. The van der Waals surface area contributed by atoms with Crippen molar-refractivity contribution in [3.8, 4) is 0 Å². The molecular weight excluding hydrogens is 276 g/mol. The summed E-state index contributed by atoms with van der Waals surface area (Å²) in [6, 6.07) is -0.240. The number of nitrogens with one attached hydrogen (secondary N) is 1. The first kappa shape index (κ1) is 13.7. The molecule has 0 radical (unpaired) electrons. The van der Waals surface area contributed by atoms with Gasteiger partial charge in [-0.15, -0.1) is 0 Å². The van der Waals surface area contributed by atoms with E-state index in [1.54, 1.807) is 4.90 Å². The van der Waals surface area contributed by atoms with Crippen LogP contribution in [0.4, 0.5) is 5.82 Å². The lowest BCUT2D eigenvalue weighted by Gasteiger charge is -2.35. The maximum Gasteiger partial charge on any atom is 0.356 e. The Balaban J connectivity index is 1.81. The first-order valence-electron chi connectivity index (χ1n) is 6.85. The molecule has 21 heavy (non-hydrogen) atoms. The summed E-state index contributed by atoms with van der Waals surface area (Å²) in [6.45, 7) is 1.20. The highest BCUT2D eigenvalue weighted by Crippen LogP contribution is 2.21. The Morgan fingerprint density at radius 1 is 1.38 bits per heavy atom. The molecule has 8 nitrogen and oxygen atoms in total. The molecule has 0 spiro atoms. The Morgan fingerprint density at radius 3 is 2.90 bits per heavy atom. The lowest BCUT2D eigenvalue weighted by Crippen LogP contribution is -2.54. The second-order valence-corrected chi connectivity index (χ2v) is 5.13. The first-order chi connectivity index (χ1) is 10.1. The number of carbonyl (C=O) groups excluding carboxylic acids is 1. The SMILES string of the molecule is O=C(O)c1cncc(N2CCOCC2C(=O)NC2CC2)n1. The number of carbonyl (C=O) groups is 2. The topological polar surface area (TPSA) is 105 Å². The number of hydrogen-bond acceptors (Lipinski definition) is 6. The van der Waals surface area contributed by atoms with E-state index in [1.807, 2.05) is 0 Å². The van der Waals surface area contributed by atoms with E-state index in [0.717, 1.165) is 12.8 Å². The quantitative estimate of drug-likeness (QED) is 0.782. The van der Waals surface area contributed by atoms with Crippen LogP contribution in [0.15, 0.2) is 12.4 Å². The van der Waals surface area contributed by atoms with E-state index in [1.165, 1.54) is 12.4 Å². The molecule has 1 unspecified atom stereocenters. The van der Waals surface area contributed by atoms with Gasteiger partial charge in [0.2, 0.25) is 5.91 Å². The third kappa shape index (κ3) is 3.10. The van der Waals surface area contributed by atoms with Crippen molar-refractivity contribution in [1.29, 1.82) is 0 Å². The highest BCUT2D eigenvalue weighted by atomic mass is 16.5. The van der Waals surface area contributed by atoms with Gasteiger partial charge in [-0.2, -0.15) is 0 Å². The summed E-state index contributed by atoms with van der Waals surface area (Å²) in [6.07, 6.45) is 4.67. The number of amides is 1. The average molecular weight is 292 g/mol. The molecule has 1 saturated heterocycles. The van der Waals surface area contributed by atoms with Gasteiger partial charge in [0.25, 0.3) is 0 Å². The molecular formula is C13H16N4O4. The maximum atomic E-state index is 12.3. The molecule has 1 aliphatic heterocycles. The zero-order valence-electron chi connectivity index (χ0n) is 11.4. The Hall–Kier alpha value is -2.22. The van der Waals surface area contributed by atoms with Crippen molar-refractivity contribution in [3.05, 3.63) is 18.1 Å². The summed E-state index contributed by atoms with van der Waals surface area (Å²) in [7, 11) is 0. The van der Waals surface area contributed by atoms with Crippen LogP contribution in [0.3, 0.4) is 0 Å².